The molecule has 2 heterocycles. The van der Waals surface area contributed by atoms with Crippen molar-refractivity contribution in [1.82, 2.24) is 19.7 Å². The highest BCUT2D eigenvalue weighted by Gasteiger charge is 2.15. The van der Waals surface area contributed by atoms with Gasteiger partial charge in [-0.1, -0.05) is 6.07 Å². The fourth-order valence-corrected chi connectivity index (χ4v) is 2.60. The minimum absolute atomic E-state index is 0.178. The van der Waals surface area contributed by atoms with Crippen LogP contribution < -0.4 is 0 Å². The number of hydrogen-bond acceptors (Lipinski definition) is 3. The lowest BCUT2D eigenvalue weighted by Gasteiger charge is -2.26. The van der Waals surface area contributed by atoms with Crippen LogP contribution in [0.3, 0.4) is 0 Å². The van der Waals surface area contributed by atoms with Gasteiger partial charge in [-0.25, -0.2) is 9.07 Å². The monoisotopic (exact) mass is 310 g/mol. The molecule has 5 heteroatoms. The molecule has 0 amide bonds. The first-order valence-electron chi connectivity index (χ1n) is 7.54. The molecule has 1 atom stereocenters. The van der Waals surface area contributed by atoms with Crippen molar-refractivity contribution < 1.29 is 4.39 Å². The van der Waals surface area contributed by atoms with E-state index in [1.807, 2.05) is 37.6 Å². The second kappa shape index (κ2) is 6.71. The largest absolute Gasteiger partial charge is 0.295 e. The van der Waals surface area contributed by atoms with Crippen LogP contribution in [0.15, 0.2) is 61.2 Å². The van der Waals surface area contributed by atoms with Crippen molar-refractivity contribution in [2.75, 3.05) is 7.05 Å². The van der Waals surface area contributed by atoms with Crippen LogP contribution in [0.1, 0.15) is 24.1 Å². The van der Waals surface area contributed by atoms with Gasteiger partial charge in [-0.15, -0.1) is 0 Å². The lowest BCUT2D eigenvalue weighted by atomic mass is 10.1. The molecule has 1 aromatic carbocycles. The number of halogens is 1. The van der Waals surface area contributed by atoms with E-state index in [2.05, 4.69) is 21.9 Å². The zero-order valence-electron chi connectivity index (χ0n) is 13.2. The summed E-state index contributed by atoms with van der Waals surface area (Å²) in [5, 5.41) is 4.25. The molecule has 2 aromatic heterocycles. The molecule has 0 radical (unpaired) electrons. The van der Waals surface area contributed by atoms with Gasteiger partial charge in [0, 0.05) is 37.4 Å². The molecule has 0 N–H and O–H groups in total. The zero-order valence-corrected chi connectivity index (χ0v) is 13.2. The molecule has 3 rings (SSSR count). The van der Waals surface area contributed by atoms with Crippen molar-refractivity contribution in [3.63, 3.8) is 0 Å². The molecule has 0 saturated heterocycles. The van der Waals surface area contributed by atoms with Crippen LogP contribution in [-0.2, 0) is 6.54 Å². The van der Waals surface area contributed by atoms with Gasteiger partial charge in [0.15, 0.2) is 0 Å². The first-order chi connectivity index (χ1) is 11.1. The highest BCUT2D eigenvalue weighted by atomic mass is 19.1. The van der Waals surface area contributed by atoms with Crippen molar-refractivity contribution in [2.45, 2.75) is 19.5 Å². The summed E-state index contributed by atoms with van der Waals surface area (Å²) in [5.74, 6) is -0.238. The summed E-state index contributed by atoms with van der Waals surface area (Å²) in [6.45, 7) is 2.73. The van der Waals surface area contributed by atoms with Gasteiger partial charge in [-0.2, -0.15) is 5.10 Å². The molecule has 23 heavy (non-hydrogen) atoms. The highest BCUT2D eigenvalue weighted by molar-refractivity contribution is 5.40. The number of benzene rings is 1. The van der Waals surface area contributed by atoms with Crippen LogP contribution >= 0.6 is 0 Å². The van der Waals surface area contributed by atoms with Gasteiger partial charge < -0.3 is 0 Å². The number of nitrogens with zero attached hydrogens (tertiary/aromatic N) is 4. The Labute approximate surface area is 135 Å². The van der Waals surface area contributed by atoms with E-state index in [0.29, 0.717) is 6.54 Å². The summed E-state index contributed by atoms with van der Waals surface area (Å²) >= 11 is 0. The van der Waals surface area contributed by atoms with Crippen molar-refractivity contribution >= 4 is 0 Å². The van der Waals surface area contributed by atoms with E-state index in [0.717, 1.165) is 16.8 Å². The van der Waals surface area contributed by atoms with Gasteiger partial charge in [-0.3, -0.25) is 9.88 Å². The summed E-state index contributed by atoms with van der Waals surface area (Å²) < 4.78 is 15.5. The third-order valence-electron chi connectivity index (χ3n) is 4.04. The molecule has 0 aliphatic carbocycles. The Hall–Kier alpha value is -2.53. The minimum atomic E-state index is -0.238. The molecule has 0 saturated carbocycles. The Morgan fingerprint density at radius 2 is 2.09 bits per heavy atom. The van der Waals surface area contributed by atoms with E-state index in [9.17, 15) is 4.39 Å². The Morgan fingerprint density at radius 1 is 1.22 bits per heavy atom. The zero-order chi connectivity index (χ0) is 16.2. The minimum Gasteiger partial charge on any atom is -0.295 e. The molecule has 0 spiro atoms. The second-order valence-corrected chi connectivity index (χ2v) is 5.60. The Balaban J connectivity index is 1.86. The molecule has 0 aliphatic rings. The van der Waals surface area contributed by atoms with Gasteiger partial charge in [0.2, 0.25) is 0 Å². The summed E-state index contributed by atoms with van der Waals surface area (Å²) in [4.78, 5) is 6.33. The summed E-state index contributed by atoms with van der Waals surface area (Å²) in [6, 6.07) is 10.8. The average Bonchev–Trinajstić information content (AvgIpc) is 3.09. The van der Waals surface area contributed by atoms with Gasteiger partial charge in [-0.05, 0) is 55.4 Å². The average molecular weight is 310 g/mol. The van der Waals surface area contributed by atoms with Crippen LogP contribution in [-0.4, -0.2) is 26.7 Å². The maximum Gasteiger partial charge on any atom is 0.123 e. The quantitative estimate of drug-likeness (QED) is 0.722. The Morgan fingerprint density at radius 3 is 2.78 bits per heavy atom. The summed E-state index contributed by atoms with van der Waals surface area (Å²) in [6.07, 6.45) is 7.20. The lowest BCUT2D eigenvalue weighted by Crippen LogP contribution is -2.23. The van der Waals surface area contributed by atoms with Crippen molar-refractivity contribution in [3.8, 4) is 5.69 Å². The molecule has 4 nitrogen and oxygen atoms in total. The number of pyridine rings is 1. The summed E-state index contributed by atoms with van der Waals surface area (Å²) in [7, 11) is 2.02. The van der Waals surface area contributed by atoms with Gasteiger partial charge in [0.25, 0.3) is 0 Å². The normalized spacial score (nSPS) is 12.5. The number of hydrogen-bond donors (Lipinski definition) is 0. The third-order valence-corrected chi connectivity index (χ3v) is 4.04. The fourth-order valence-electron chi connectivity index (χ4n) is 2.60. The Kier molecular flexibility index (Phi) is 4.48. The van der Waals surface area contributed by atoms with Crippen molar-refractivity contribution in [1.29, 1.82) is 0 Å². The predicted octanol–water partition coefficient (Wildman–Crippen LogP) is 3.60. The molecule has 0 bridgehead atoms. The molecule has 0 aliphatic heterocycles. The van der Waals surface area contributed by atoms with E-state index in [1.165, 1.54) is 6.07 Å². The first kappa shape index (κ1) is 15.4. The molecule has 118 valence electrons. The van der Waals surface area contributed by atoms with E-state index in [1.54, 1.807) is 29.2 Å². The molecular weight excluding hydrogens is 291 g/mol. The Bertz CT molecular complexity index is 756. The number of aromatic nitrogens is 3. The van der Waals surface area contributed by atoms with E-state index < -0.39 is 0 Å². The molecule has 0 fully saturated rings. The van der Waals surface area contributed by atoms with Gasteiger partial charge in [0.1, 0.15) is 5.82 Å². The van der Waals surface area contributed by atoms with Crippen molar-refractivity contribution in [3.05, 3.63) is 78.1 Å². The third kappa shape index (κ3) is 3.46. The first-order valence-corrected chi connectivity index (χ1v) is 7.54. The predicted molar refractivity (Wildman–Crippen MR) is 87.6 cm³/mol. The van der Waals surface area contributed by atoms with Crippen molar-refractivity contribution in [2.24, 2.45) is 0 Å². The van der Waals surface area contributed by atoms with Crippen LogP contribution in [0.4, 0.5) is 4.39 Å². The maximum atomic E-state index is 13.7. The van der Waals surface area contributed by atoms with Gasteiger partial charge in [0.05, 0.1) is 5.69 Å². The van der Waals surface area contributed by atoms with Crippen LogP contribution in [0.25, 0.3) is 5.69 Å². The maximum absolute atomic E-state index is 13.7. The standard InChI is InChI=1S/C18H19FN4/c1-14(15-5-3-8-20-12-15)22(2)13-16-11-17(19)6-7-18(16)23-10-4-9-21-23/h3-12,14H,13H2,1-2H3/t14-/m1/s1. The summed E-state index contributed by atoms with van der Waals surface area (Å²) in [5.41, 5.74) is 2.92. The molecule has 3 aromatic rings. The topological polar surface area (TPSA) is 34.0 Å². The van der Waals surface area contributed by atoms with Crippen LogP contribution in [0.5, 0.6) is 0 Å². The van der Waals surface area contributed by atoms with Crippen LogP contribution in [0, 0.1) is 5.82 Å². The lowest BCUT2D eigenvalue weighted by molar-refractivity contribution is 0.252. The van der Waals surface area contributed by atoms with E-state index >= 15 is 0 Å². The highest BCUT2D eigenvalue weighted by Crippen LogP contribution is 2.23. The molecular formula is C18H19FN4. The van der Waals surface area contributed by atoms with E-state index in [-0.39, 0.29) is 11.9 Å². The molecule has 0 unspecified atom stereocenters. The van der Waals surface area contributed by atoms with Gasteiger partial charge >= 0.3 is 0 Å². The SMILES string of the molecule is C[C@H](c1cccnc1)N(C)Cc1cc(F)ccc1-n1cccn1. The fraction of sp³-hybridized carbons (Fsp3) is 0.222. The number of rotatable bonds is 5. The smallest absolute Gasteiger partial charge is 0.123 e. The van der Waals surface area contributed by atoms with E-state index in [4.69, 9.17) is 0 Å². The van der Waals surface area contributed by atoms with Crippen LogP contribution in [0.2, 0.25) is 0 Å². The second-order valence-electron chi connectivity index (χ2n) is 5.60.